The summed E-state index contributed by atoms with van der Waals surface area (Å²) in [5.41, 5.74) is 1.99. The first-order valence-corrected chi connectivity index (χ1v) is 12.1. The molecule has 4 rings (SSSR count). The predicted molar refractivity (Wildman–Crippen MR) is 134 cm³/mol. The monoisotopic (exact) mass is 479 g/mol. The number of hydrogen-bond donors (Lipinski definition) is 0. The van der Waals surface area contributed by atoms with Crippen LogP contribution < -0.4 is 9.64 Å². The maximum atomic E-state index is 11.0. The fraction of sp³-hybridized carbons (Fsp3) is 0.480. The van der Waals surface area contributed by atoms with Crippen molar-refractivity contribution in [1.29, 1.82) is 0 Å². The van der Waals surface area contributed by atoms with Crippen LogP contribution in [-0.4, -0.2) is 62.8 Å². The normalized spacial score (nSPS) is 15.7. The lowest BCUT2D eigenvalue weighted by molar-refractivity contribution is -0.384. The second-order valence-electron chi connectivity index (χ2n) is 9.32. The van der Waals surface area contributed by atoms with E-state index in [1.165, 1.54) is 0 Å². The van der Waals surface area contributed by atoms with E-state index in [0.29, 0.717) is 6.61 Å². The van der Waals surface area contributed by atoms with Crippen molar-refractivity contribution in [3.63, 3.8) is 0 Å². The highest BCUT2D eigenvalue weighted by Crippen LogP contribution is 2.33. The second-order valence-corrected chi connectivity index (χ2v) is 9.32. The minimum absolute atomic E-state index is 0.105. The molecule has 10 heteroatoms. The number of tetrazole rings is 1. The van der Waals surface area contributed by atoms with Gasteiger partial charge in [-0.15, -0.1) is 5.10 Å². The minimum atomic E-state index is -0.370. The molecule has 0 saturated carbocycles. The fourth-order valence-corrected chi connectivity index (χ4v) is 4.41. The molecule has 0 N–H and O–H groups in total. The standard InChI is InChI=1S/C25H33N7O3/c1-5-25(3,4)31-24(26-27-28-31)23(19-7-13-22(14-8-19)35-6-2)30-17-15-29(16-18-30)20-9-11-21(12-10-20)32(33)34/h7-14,23H,5-6,15-18H2,1-4H3/t23-/m1/s1. The van der Waals surface area contributed by atoms with Crippen LogP contribution in [0.25, 0.3) is 0 Å². The molecule has 0 spiro atoms. The Bertz CT molecular complexity index is 1120. The molecule has 0 amide bonds. The second kappa shape index (κ2) is 10.4. The lowest BCUT2D eigenvalue weighted by Gasteiger charge is -2.40. The molecule has 186 valence electrons. The number of ether oxygens (including phenoxy) is 1. The number of anilines is 1. The van der Waals surface area contributed by atoms with Crippen LogP contribution in [0.15, 0.2) is 48.5 Å². The van der Waals surface area contributed by atoms with Gasteiger partial charge in [-0.3, -0.25) is 15.0 Å². The Balaban J connectivity index is 1.60. The summed E-state index contributed by atoms with van der Waals surface area (Å²) in [6, 6.07) is 14.8. The molecule has 2 aromatic carbocycles. The van der Waals surface area contributed by atoms with Crippen molar-refractivity contribution < 1.29 is 9.66 Å². The van der Waals surface area contributed by atoms with Crippen molar-refractivity contribution in [3.8, 4) is 5.75 Å². The van der Waals surface area contributed by atoms with E-state index in [9.17, 15) is 10.1 Å². The van der Waals surface area contributed by atoms with Gasteiger partial charge in [-0.05, 0) is 67.4 Å². The molecular formula is C25H33N7O3. The highest BCUT2D eigenvalue weighted by atomic mass is 16.6. The average molecular weight is 480 g/mol. The van der Waals surface area contributed by atoms with Gasteiger partial charge in [-0.2, -0.15) is 0 Å². The van der Waals surface area contributed by atoms with Crippen LogP contribution in [0.1, 0.15) is 51.5 Å². The van der Waals surface area contributed by atoms with E-state index in [2.05, 4.69) is 58.2 Å². The van der Waals surface area contributed by atoms with Gasteiger partial charge >= 0.3 is 0 Å². The van der Waals surface area contributed by atoms with E-state index >= 15 is 0 Å². The third kappa shape index (κ3) is 5.27. The molecule has 3 aromatic rings. The van der Waals surface area contributed by atoms with E-state index < -0.39 is 0 Å². The Labute approximate surface area is 205 Å². The largest absolute Gasteiger partial charge is 0.494 e. The molecule has 10 nitrogen and oxygen atoms in total. The molecule has 1 aliphatic heterocycles. The summed E-state index contributed by atoms with van der Waals surface area (Å²) < 4.78 is 7.61. The minimum Gasteiger partial charge on any atom is -0.494 e. The summed E-state index contributed by atoms with van der Waals surface area (Å²) in [7, 11) is 0. The number of hydrogen-bond acceptors (Lipinski definition) is 8. The SMILES string of the molecule is CCOc1ccc([C@H](c2nnnn2C(C)(C)CC)N2CCN(c3ccc([N+](=O)[O-])cc3)CC2)cc1. The topological polar surface area (TPSA) is 102 Å². The predicted octanol–water partition coefficient (Wildman–Crippen LogP) is 4.04. The van der Waals surface area contributed by atoms with Gasteiger partial charge in [-0.25, -0.2) is 4.68 Å². The zero-order valence-corrected chi connectivity index (χ0v) is 20.8. The van der Waals surface area contributed by atoms with Crippen molar-refractivity contribution in [2.75, 3.05) is 37.7 Å². The molecule has 1 fully saturated rings. The van der Waals surface area contributed by atoms with E-state index in [1.54, 1.807) is 12.1 Å². The first-order valence-electron chi connectivity index (χ1n) is 12.1. The van der Waals surface area contributed by atoms with E-state index in [1.807, 2.05) is 35.9 Å². The summed E-state index contributed by atoms with van der Waals surface area (Å²) in [4.78, 5) is 15.3. The molecule has 1 aliphatic rings. The van der Waals surface area contributed by atoms with E-state index in [4.69, 9.17) is 4.74 Å². The Morgan fingerprint density at radius 2 is 1.69 bits per heavy atom. The maximum absolute atomic E-state index is 11.0. The Morgan fingerprint density at radius 3 is 2.26 bits per heavy atom. The zero-order chi connectivity index (χ0) is 25.0. The van der Waals surface area contributed by atoms with Crippen molar-refractivity contribution >= 4 is 11.4 Å². The number of piperazine rings is 1. The quantitative estimate of drug-likeness (QED) is 0.335. The average Bonchev–Trinajstić information content (AvgIpc) is 3.36. The summed E-state index contributed by atoms with van der Waals surface area (Å²) in [6.45, 7) is 12.2. The molecule has 0 bridgehead atoms. The smallest absolute Gasteiger partial charge is 0.269 e. The van der Waals surface area contributed by atoms with Crippen LogP contribution in [0, 0.1) is 10.1 Å². The number of nitro groups is 1. The molecule has 35 heavy (non-hydrogen) atoms. The molecule has 0 radical (unpaired) electrons. The maximum Gasteiger partial charge on any atom is 0.269 e. The van der Waals surface area contributed by atoms with Gasteiger partial charge < -0.3 is 9.64 Å². The molecule has 1 atom stereocenters. The molecule has 1 saturated heterocycles. The Morgan fingerprint density at radius 1 is 1.03 bits per heavy atom. The van der Waals surface area contributed by atoms with Gasteiger partial charge in [0, 0.05) is 44.0 Å². The van der Waals surface area contributed by atoms with Gasteiger partial charge in [0.2, 0.25) is 0 Å². The van der Waals surface area contributed by atoms with Crippen LogP contribution >= 0.6 is 0 Å². The number of non-ortho nitro benzene ring substituents is 1. The van der Waals surface area contributed by atoms with Gasteiger partial charge in [0.05, 0.1) is 23.1 Å². The first-order chi connectivity index (χ1) is 16.8. The zero-order valence-electron chi connectivity index (χ0n) is 20.8. The summed E-state index contributed by atoms with van der Waals surface area (Å²) in [5, 5.41) is 23.9. The molecule has 0 unspecified atom stereocenters. The number of nitrogens with zero attached hydrogens (tertiary/aromatic N) is 7. The van der Waals surface area contributed by atoms with Crippen molar-refractivity contribution in [2.24, 2.45) is 0 Å². The van der Waals surface area contributed by atoms with Crippen molar-refractivity contribution in [1.82, 2.24) is 25.1 Å². The first kappa shape index (κ1) is 24.6. The molecule has 1 aromatic heterocycles. The van der Waals surface area contributed by atoms with Crippen molar-refractivity contribution in [2.45, 2.75) is 45.7 Å². The molecule has 2 heterocycles. The Hall–Kier alpha value is -3.53. The van der Waals surface area contributed by atoms with E-state index in [-0.39, 0.29) is 22.2 Å². The van der Waals surface area contributed by atoms with Gasteiger partial charge in [-0.1, -0.05) is 19.1 Å². The third-order valence-corrected chi connectivity index (χ3v) is 6.79. The van der Waals surface area contributed by atoms with E-state index in [0.717, 1.165) is 55.4 Å². The van der Waals surface area contributed by atoms with Crippen molar-refractivity contribution in [3.05, 3.63) is 70.0 Å². The summed E-state index contributed by atoms with van der Waals surface area (Å²) >= 11 is 0. The van der Waals surface area contributed by atoms with Gasteiger partial charge in [0.1, 0.15) is 5.75 Å². The lowest BCUT2D eigenvalue weighted by Crippen LogP contribution is -2.48. The van der Waals surface area contributed by atoms with Gasteiger partial charge in [0.15, 0.2) is 5.82 Å². The van der Waals surface area contributed by atoms with Crippen LogP contribution in [0.4, 0.5) is 11.4 Å². The fourth-order valence-electron chi connectivity index (χ4n) is 4.41. The Kier molecular flexibility index (Phi) is 7.30. The number of rotatable bonds is 9. The third-order valence-electron chi connectivity index (χ3n) is 6.79. The van der Waals surface area contributed by atoms with Gasteiger partial charge in [0.25, 0.3) is 5.69 Å². The summed E-state index contributed by atoms with van der Waals surface area (Å²) in [6.07, 6.45) is 0.898. The highest BCUT2D eigenvalue weighted by molar-refractivity contribution is 5.51. The molecule has 0 aliphatic carbocycles. The summed E-state index contributed by atoms with van der Waals surface area (Å²) in [5.74, 6) is 1.66. The van der Waals surface area contributed by atoms with Crippen LogP contribution in [0.3, 0.4) is 0 Å². The highest BCUT2D eigenvalue weighted by Gasteiger charge is 2.34. The van der Waals surface area contributed by atoms with Crippen LogP contribution in [0.2, 0.25) is 0 Å². The molecular weight excluding hydrogens is 446 g/mol. The van der Waals surface area contributed by atoms with Crippen LogP contribution in [-0.2, 0) is 5.54 Å². The van der Waals surface area contributed by atoms with Crippen LogP contribution in [0.5, 0.6) is 5.75 Å². The number of nitro benzene ring substituents is 1. The number of benzene rings is 2. The lowest BCUT2D eigenvalue weighted by atomic mass is 9.99. The number of aromatic nitrogens is 4.